The van der Waals surface area contributed by atoms with E-state index in [0.717, 1.165) is 0 Å². The lowest BCUT2D eigenvalue weighted by Gasteiger charge is -1.93. The summed E-state index contributed by atoms with van der Waals surface area (Å²) in [4.78, 5) is 21.0. The third-order valence-electron chi connectivity index (χ3n) is 1.10. The van der Waals surface area contributed by atoms with Crippen LogP contribution in [0.15, 0.2) is 16.5 Å². The lowest BCUT2D eigenvalue weighted by Crippen LogP contribution is -2.04. The summed E-state index contributed by atoms with van der Waals surface area (Å²) in [6.45, 7) is 1.34. The highest BCUT2D eigenvalue weighted by atomic mass is 35.5. The monoisotopic (exact) mass is 187 g/mol. The average Bonchev–Trinajstić information content (AvgIpc) is 2.34. The standard InChI is InChI=1S/C7H6ClNO3/c1-4(10)9-6-3-2-5(12-6)7(8)11/h2-3H,1H3,(H,9,10). The van der Waals surface area contributed by atoms with Gasteiger partial charge in [-0.1, -0.05) is 0 Å². The van der Waals surface area contributed by atoms with Gasteiger partial charge >= 0.3 is 0 Å². The molecule has 1 heterocycles. The summed E-state index contributed by atoms with van der Waals surface area (Å²) >= 11 is 5.11. The van der Waals surface area contributed by atoms with Gasteiger partial charge in [0, 0.05) is 13.0 Å². The molecule has 0 aliphatic rings. The molecule has 0 atom stereocenters. The molecule has 1 aromatic heterocycles. The van der Waals surface area contributed by atoms with E-state index in [0.29, 0.717) is 0 Å². The Hall–Kier alpha value is -1.29. The van der Waals surface area contributed by atoms with Gasteiger partial charge in [-0.15, -0.1) is 0 Å². The molecule has 1 N–H and O–H groups in total. The first kappa shape index (κ1) is 8.80. The highest BCUT2D eigenvalue weighted by Crippen LogP contribution is 2.14. The van der Waals surface area contributed by atoms with E-state index in [1.54, 1.807) is 0 Å². The molecule has 1 rings (SSSR count). The quantitative estimate of drug-likeness (QED) is 0.716. The molecule has 64 valence electrons. The van der Waals surface area contributed by atoms with Crippen molar-refractivity contribution < 1.29 is 14.0 Å². The maximum absolute atomic E-state index is 10.5. The van der Waals surface area contributed by atoms with Gasteiger partial charge in [0.2, 0.25) is 5.91 Å². The van der Waals surface area contributed by atoms with E-state index in [4.69, 9.17) is 16.0 Å². The van der Waals surface area contributed by atoms with Crippen LogP contribution < -0.4 is 5.32 Å². The van der Waals surface area contributed by atoms with E-state index >= 15 is 0 Å². The molecule has 1 aromatic rings. The first-order valence-electron chi connectivity index (χ1n) is 3.17. The summed E-state index contributed by atoms with van der Waals surface area (Å²) in [5.74, 6) is -0.0372. The molecule has 0 saturated heterocycles. The van der Waals surface area contributed by atoms with E-state index in [-0.39, 0.29) is 17.6 Å². The second-order valence-corrected chi connectivity index (χ2v) is 2.46. The van der Waals surface area contributed by atoms with Crippen LogP contribution in [0.1, 0.15) is 17.5 Å². The van der Waals surface area contributed by atoms with Crippen LogP contribution in [-0.2, 0) is 4.79 Å². The number of carbonyl (C=O) groups is 2. The van der Waals surface area contributed by atoms with Crippen LogP contribution in [-0.4, -0.2) is 11.1 Å². The van der Waals surface area contributed by atoms with E-state index in [9.17, 15) is 9.59 Å². The van der Waals surface area contributed by atoms with Crippen molar-refractivity contribution in [3.63, 3.8) is 0 Å². The Morgan fingerprint density at radius 1 is 1.50 bits per heavy atom. The minimum Gasteiger partial charge on any atom is -0.436 e. The van der Waals surface area contributed by atoms with Crippen molar-refractivity contribution in [2.45, 2.75) is 6.92 Å². The summed E-state index contributed by atoms with van der Waals surface area (Å²) in [6, 6.07) is 2.84. The Morgan fingerprint density at radius 2 is 2.17 bits per heavy atom. The zero-order chi connectivity index (χ0) is 9.14. The molecule has 0 unspecified atom stereocenters. The lowest BCUT2D eigenvalue weighted by molar-refractivity contribution is -0.114. The fourth-order valence-corrected chi connectivity index (χ4v) is 0.786. The zero-order valence-corrected chi connectivity index (χ0v) is 7.01. The number of furan rings is 1. The predicted molar refractivity (Wildman–Crippen MR) is 43.2 cm³/mol. The number of carbonyl (C=O) groups excluding carboxylic acids is 2. The second kappa shape index (κ2) is 3.40. The van der Waals surface area contributed by atoms with Crippen molar-refractivity contribution in [1.29, 1.82) is 0 Å². The second-order valence-electron chi connectivity index (χ2n) is 2.12. The first-order valence-corrected chi connectivity index (χ1v) is 3.54. The van der Waals surface area contributed by atoms with Gasteiger partial charge in [-0.25, -0.2) is 0 Å². The molecule has 5 heteroatoms. The number of nitrogens with one attached hydrogen (secondary N) is 1. The molecule has 0 bridgehead atoms. The molecule has 0 aromatic carbocycles. The number of anilines is 1. The van der Waals surface area contributed by atoms with Crippen LogP contribution in [0.3, 0.4) is 0 Å². The van der Waals surface area contributed by atoms with Crippen LogP contribution in [0.2, 0.25) is 0 Å². The Balaban J connectivity index is 2.77. The topological polar surface area (TPSA) is 59.3 Å². The van der Waals surface area contributed by atoms with Crippen molar-refractivity contribution in [2.75, 3.05) is 5.32 Å². The third-order valence-corrected chi connectivity index (χ3v) is 1.29. The predicted octanol–water partition coefficient (Wildman–Crippen LogP) is 1.62. The molecule has 0 radical (unpaired) electrons. The minimum absolute atomic E-state index is 0.0143. The normalized spacial score (nSPS) is 9.50. The SMILES string of the molecule is CC(=O)Nc1ccc(C(=O)Cl)o1. The molecule has 0 aliphatic carbocycles. The molecule has 0 spiro atoms. The van der Waals surface area contributed by atoms with Gasteiger partial charge in [0.1, 0.15) is 0 Å². The summed E-state index contributed by atoms with van der Waals surface area (Å²) in [5, 5.41) is 1.68. The Labute approximate surface area is 73.5 Å². The average molecular weight is 188 g/mol. The third kappa shape index (κ3) is 2.10. The van der Waals surface area contributed by atoms with Gasteiger partial charge in [0.15, 0.2) is 11.6 Å². The first-order chi connectivity index (χ1) is 5.59. The zero-order valence-electron chi connectivity index (χ0n) is 6.26. The van der Waals surface area contributed by atoms with Gasteiger partial charge in [0.25, 0.3) is 5.24 Å². The van der Waals surface area contributed by atoms with Gasteiger partial charge in [-0.3, -0.25) is 14.9 Å². The molecule has 4 nitrogen and oxygen atoms in total. The number of amides is 1. The maximum atomic E-state index is 10.5. The molecule has 0 saturated carbocycles. The van der Waals surface area contributed by atoms with Crippen LogP contribution >= 0.6 is 11.6 Å². The lowest BCUT2D eigenvalue weighted by atomic mass is 10.5. The number of halogens is 1. The van der Waals surface area contributed by atoms with E-state index < -0.39 is 5.24 Å². The Morgan fingerprint density at radius 3 is 2.58 bits per heavy atom. The van der Waals surface area contributed by atoms with Crippen LogP contribution in [0.4, 0.5) is 5.88 Å². The van der Waals surface area contributed by atoms with Crippen LogP contribution in [0.25, 0.3) is 0 Å². The van der Waals surface area contributed by atoms with Gasteiger partial charge in [-0.05, 0) is 17.7 Å². The Kier molecular flexibility index (Phi) is 2.50. The van der Waals surface area contributed by atoms with E-state index in [1.807, 2.05) is 0 Å². The summed E-state index contributed by atoms with van der Waals surface area (Å²) in [6.07, 6.45) is 0. The molecule has 1 amide bonds. The highest BCUT2D eigenvalue weighted by molar-refractivity contribution is 6.67. The van der Waals surface area contributed by atoms with Gasteiger partial charge in [-0.2, -0.15) is 0 Å². The van der Waals surface area contributed by atoms with Crippen molar-refractivity contribution in [3.8, 4) is 0 Å². The van der Waals surface area contributed by atoms with Crippen molar-refractivity contribution in [3.05, 3.63) is 17.9 Å². The van der Waals surface area contributed by atoms with Gasteiger partial charge < -0.3 is 4.42 Å². The number of rotatable bonds is 2. The van der Waals surface area contributed by atoms with E-state index in [2.05, 4.69) is 5.32 Å². The van der Waals surface area contributed by atoms with Crippen LogP contribution in [0, 0.1) is 0 Å². The number of hydrogen-bond donors (Lipinski definition) is 1. The smallest absolute Gasteiger partial charge is 0.287 e. The molecular formula is C7H6ClNO3. The summed E-state index contributed by atoms with van der Waals surface area (Å²) in [7, 11) is 0. The fourth-order valence-electron chi connectivity index (χ4n) is 0.684. The van der Waals surface area contributed by atoms with Crippen molar-refractivity contribution in [2.24, 2.45) is 0 Å². The maximum Gasteiger partial charge on any atom is 0.287 e. The molecule has 0 fully saturated rings. The molecular weight excluding hydrogens is 182 g/mol. The van der Waals surface area contributed by atoms with Crippen LogP contribution in [0.5, 0.6) is 0 Å². The Bertz CT molecular complexity index is 318. The largest absolute Gasteiger partial charge is 0.436 e. The van der Waals surface area contributed by atoms with E-state index in [1.165, 1.54) is 19.1 Å². The van der Waals surface area contributed by atoms with Crippen molar-refractivity contribution in [1.82, 2.24) is 0 Å². The molecule has 0 aliphatic heterocycles. The number of hydrogen-bond acceptors (Lipinski definition) is 3. The minimum atomic E-state index is -0.688. The summed E-state index contributed by atoms with van der Waals surface area (Å²) in [5.41, 5.74) is 0. The fraction of sp³-hybridized carbons (Fsp3) is 0.143. The van der Waals surface area contributed by atoms with Crippen molar-refractivity contribution >= 4 is 28.6 Å². The summed E-state index contributed by atoms with van der Waals surface area (Å²) < 4.78 is 4.84. The highest BCUT2D eigenvalue weighted by Gasteiger charge is 2.07. The molecule has 12 heavy (non-hydrogen) atoms. The van der Waals surface area contributed by atoms with Gasteiger partial charge in [0.05, 0.1) is 0 Å².